The summed E-state index contributed by atoms with van der Waals surface area (Å²) in [6.45, 7) is 10.5. The van der Waals surface area contributed by atoms with Crippen LogP contribution in [0.15, 0.2) is 0 Å². The molecule has 0 spiro atoms. The SMILES string of the molecule is CCCCCCCCCCCCCCCCCCOC(C)C(OCCCCCCCCCCCCCCCCCC)C(C)N. The second-order valence-electron chi connectivity index (χ2n) is 14.4. The highest BCUT2D eigenvalue weighted by atomic mass is 16.5. The van der Waals surface area contributed by atoms with Gasteiger partial charge in [0.1, 0.15) is 0 Å². The summed E-state index contributed by atoms with van der Waals surface area (Å²) in [7, 11) is 0. The molecule has 3 atom stereocenters. The molecule has 0 amide bonds. The molecule has 266 valence electrons. The third-order valence-electron chi connectivity index (χ3n) is 9.67. The Kier molecular flexibility index (Phi) is 37.2. The molecule has 0 heterocycles. The van der Waals surface area contributed by atoms with Crippen molar-refractivity contribution >= 4 is 0 Å². The van der Waals surface area contributed by atoms with E-state index in [1.807, 2.05) is 0 Å². The fourth-order valence-corrected chi connectivity index (χ4v) is 6.60. The molecule has 0 aromatic carbocycles. The van der Waals surface area contributed by atoms with Crippen LogP contribution in [0.3, 0.4) is 0 Å². The molecule has 0 saturated heterocycles. The third kappa shape index (κ3) is 33.2. The monoisotopic (exact) mass is 624 g/mol. The maximum absolute atomic E-state index is 6.27. The molecule has 0 aliphatic heterocycles. The van der Waals surface area contributed by atoms with Gasteiger partial charge in [0.25, 0.3) is 0 Å². The summed E-state index contributed by atoms with van der Waals surface area (Å²) in [6, 6.07) is 0.0110. The van der Waals surface area contributed by atoms with E-state index in [-0.39, 0.29) is 18.2 Å². The van der Waals surface area contributed by atoms with Crippen molar-refractivity contribution in [1.82, 2.24) is 0 Å². The average molecular weight is 624 g/mol. The molecule has 0 aromatic rings. The van der Waals surface area contributed by atoms with E-state index in [2.05, 4.69) is 27.7 Å². The van der Waals surface area contributed by atoms with Crippen molar-refractivity contribution in [3.05, 3.63) is 0 Å². The molecular weight excluding hydrogens is 538 g/mol. The number of hydrogen-bond acceptors (Lipinski definition) is 3. The summed E-state index contributed by atoms with van der Waals surface area (Å²) in [5.74, 6) is 0. The average Bonchev–Trinajstić information content (AvgIpc) is 3.01. The number of ether oxygens (including phenoxy) is 2. The Balaban J connectivity index is 3.48. The summed E-state index contributed by atoms with van der Waals surface area (Å²) in [6.07, 6.45) is 44.9. The van der Waals surface area contributed by atoms with Crippen LogP contribution in [0.2, 0.25) is 0 Å². The van der Waals surface area contributed by atoms with E-state index < -0.39 is 0 Å². The lowest BCUT2D eigenvalue weighted by Gasteiger charge is -2.27. The molecule has 3 nitrogen and oxygen atoms in total. The maximum Gasteiger partial charge on any atom is 0.0981 e. The molecule has 0 saturated carbocycles. The van der Waals surface area contributed by atoms with Gasteiger partial charge in [-0.3, -0.25) is 0 Å². The Morgan fingerprint density at radius 1 is 0.341 bits per heavy atom. The predicted molar refractivity (Wildman–Crippen MR) is 198 cm³/mol. The van der Waals surface area contributed by atoms with Gasteiger partial charge < -0.3 is 15.2 Å². The van der Waals surface area contributed by atoms with Crippen molar-refractivity contribution in [3.8, 4) is 0 Å². The zero-order valence-corrected chi connectivity index (χ0v) is 31.2. The first-order chi connectivity index (χ1) is 21.6. The van der Waals surface area contributed by atoms with Crippen molar-refractivity contribution in [2.24, 2.45) is 5.73 Å². The zero-order chi connectivity index (χ0) is 32.2. The van der Waals surface area contributed by atoms with Crippen molar-refractivity contribution in [3.63, 3.8) is 0 Å². The lowest BCUT2D eigenvalue weighted by atomic mass is 10.0. The summed E-state index contributed by atoms with van der Waals surface area (Å²) in [5, 5.41) is 0. The predicted octanol–water partition coefficient (Wildman–Crippen LogP) is 13.6. The van der Waals surface area contributed by atoms with Crippen LogP contribution in [0.1, 0.15) is 233 Å². The van der Waals surface area contributed by atoms with Crippen LogP contribution in [0.25, 0.3) is 0 Å². The van der Waals surface area contributed by atoms with Gasteiger partial charge in [0.05, 0.1) is 12.2 Å². The van der Waals surface area contributed by atoms with Gasteiger partial charge in [-0.1, -0.05) is 206 Å². The van der Waals surface area contributed by atoms with Crippen molar-refractivity contribution in [2.45, 2.75) is 251 Å². The number of hydrogen-bond donors (Lipinski definition) is 1. The molecule has 3 unspecified atom stereocenters. The molecule has 0 aliphatic carbocycles. The lowest BCUT2D eigenvalue weighted by molar-refractivity contribution is -0.0745. The van der Waals surface area contributed by atoms with Gasteiger partial charge in [0.15, 0.2) is 0 Å². The third-order valence-corrected chi connectivity index (χ3v) is 9.67. The Labute approximate surface area is 279 Å². The van der Waals surface area contributed by atoms with Crippen molar-refractivity contribution < 1.29 is 9.47 Å². The topological polar surface area (TPSA) is 44.5 Å². The second kappa shape index (κ2) is 37.3. The number of rotatable bonds is 38. The van der Waals surface area contributed by atoms with Crippen LogP contribution in [0.4, 0.5) is 0 Å². The van der Waals surface area contributed by atoms with E-state index in [0.29, 0.717) is 0 Å². The Morgan fingerprint density at radius 2 is 0.568 bits per heavy atom. The first kappa shape index (κ1) is 43.9. The van der Waals surface area contributed by atoms with Crippen molar-refractivity contribution in [1.29, 1.82) is 0 Å². The first-order valence-electron chi connectivity index (χ1n) is 20.6. The van der Waals surface area contributed by atoms with Gasteiger partial charge in [-0.15, -0.1) is 0 Å². The Morgan fingerprint density at radius 3 is 0.818 bits per heavy atom. The first-order valence-corrected chi connectivity index (χ1v) is 20.6. The van der Waals surface area contributed by atoms with E-state index in [0.717, 1.165) is 26.1 Å². The van der Waals surface area contributed by atoms with Gasteiger partial charge in [0, 0.05) is 19.3 Å². The minimum Gasteiger partial charge on any atom is -0.376 e. The van der Waals surface area contributed by atoms with Crippen LogP contribution in [-0.2, 0) is 9.47 Å². The second-order valence-corrected chi connectivity index (χ2v) is 14.4. The molecule has 0 aliphatic rings. The van der Waals surface area contributed by atoms with Crippen LogP contribution < -0.4 is 5.73 Å². The molecule has 3 heteroatoms. The van der Waals surface area contributed by atoms with Gasteiger partial charge in [0.2, 0.25) is 0 Å². The number of unbranched alkanes of at least 4 members (excludes halogenated alkanes) is 30. The quantitative estimate of drug-likeness (QED) is 0.0696. The fraction of sp³-hybridized carbons (Fsp3) is 1.00. The molecule has 2 N–H and O–H groups in total. The zero-order valence-electron chi connectivity index (χ0n) is 31.2. The highest BCUT2D eigenvalue weighted by Crippen LogP contribution is 2.16. The van der Waals surface area contributed by atoms with Crippen molar-refractivity contribution in [2.75, 3.05) is 13.2 Å². The van der Waals surface area contributed by atoms with Crippen LogP contribution in [0, 0.1) is 0 Å². The fourth-order valence-electron chi connectivity index (χ4n) is 6.60. The summed E-state index contributed by atoms with van der Waals surface area (Å²) < 4.78 is 12.4. The highest BCUT2D eigenvalue weighted by Gasteiger charge is 2.22. The molecule has 0 rings (SSSR count). The van der Waals surface area contributed by atoms with E-state index >= 15 is 0 Å². The standard InChI is InChI=1S/C41H85NO2/c1-5-7-9-11-13-15-17-19-21-23-25-27-29-31-33-35-37-43-40(4)41(39(3)42)44-38-36-34-32-30-28-26-24-22-20-18-16-14-12-10-8-6-2/h39-41H,5-38,42H2,1-4H3. The molecule has 0 radical (unpaired) electrons. The molecule has 0 fully saturated rings. The van der Waals surface area contributed by atoms with E-state index in [4.69, 9.17) is 15.2 Å². The molecule has 44 heavy (non-hydrogen) atoms. The van der Waals surface area contributed by atoms with Gasteiger partial charge in [-0.05, 0) is 26.7 Å². The van der Waals surface area contributed by atoms with E-state index in [9.17, 15) is 0 Å². The summed E-state index contributed by atoms with van der Waals surface area (Å²) in [5.41, 5.74) is 6.27. The normalized spacial score (nSPS) is 13.8. The minimum atomic E-state index is 0.00685. The van der Waals surface area contributed by atoms with Gasteiger partial charge >= 0.3 is 0 Å². The Hall–Kier alpha value is -0.120. The Bertz CT molecular complexity index is 511. The molecule has 0 bridgehead atoms. The van der Waals surface area contributed by atoms with Crippen LogP contribution in [0.5, 0.6) is 0 Å². The van der Waals surface area contributed by atoms with Gasteiger partial charge in [-0.2, -0.15) is 0 Å². The smallest absolute Gasteiger partial charge is 0.0981 e. The number of nitrogens with two attached hydrogens (primary N) is 1. The highest BCUT2D eigenvalue weighted by molar-refractivity contribution is 4.75. The van der Waals surface area contributed by atoms with E-state index in [1.165, 1.54) is 193 Å². The minimum absolute atomic E-state index is 0.00685. The summed E-state index contributed by atoms with van der Waals surface area (Å²) >= 11 is 0. The van der Waals surface area contributed by atoms with Gasteiger partial charge in [-0.25, -0.2) is 0 Å². The summed E-state index contributed by atoms with van der Waals surface area (Å²) in [4.78, 5) is 0. The lowest BCUT2D eigenvalue weighted by Crippen LogP contribution is -2.43. The molecular formula is C41H85NO2. The van der Waals surface area contributed by atoms with Crippen LogP contribution in [-0.4, -0.2) is 31.5 Å². The largest absolute Gasteiger partial charge is 0.376 e. The van der Waals surface area contributed by atoms with Crippen LogP contribution >= 0.6 is 0 Å². The molecule has 0 aromatic heterocycles. The maximum atomic E-state index is 6.27. The van der Waals surface area contributed by atoms with E-state index in [1.54, 1.807) is 0 Å².